The van der Waals surface area contributed by atoms with E-state index in [1.54, 1.807) is 18.2 Å². The highest BCUT2D eigenvalue weighted by Gasteiger charge is 2.29. The minimum atomic E-state index is -4.27. The van der Waals surface area contributed by atoms with Gasteiger partial charge in [0.15, 0.2) is 0 Å². The third kappa shape index (κ3) is 3.06. The Kier molecular flexibility index (Phi) is 3.19. The Morgan fingerprint density at radius 1 is 1.18 bits per heavy atom. The summed E-state index contributed by atoms with van der Waals surface area (Å²) in [4.78, 5) is 0.162. The molecule has 5 heteroatoms. The van der Waals surface area contributed by atoms with Gasteiger partial charge in [0, 0.05) is 10.5 Å². The van der Waals surface area contributed by atoms with E-state index in [1.807, 2.05) is 6.92 Å². The molecule has 1 aromatic carbocycles. The van der Waals surface area contributed by atoms with Crippen molar-refractivity contribution in [1.29, 1.82) is 0 Å². The number of alkyl halides is 3. The van der Waals surface area contributed by atoms with Crippen molar-refractivity contribution in [2.45, 2.75) is 17.3 Å². The lowest BCUT2D eigenvalue weighted by Gasteiger charge is -2.08. The van der Waals surface area contributed by atoms with Gasteiger partial charge in [-0.1, -0.05) is 6.07 Å². The molecule has 0 fully saturated rings. The molecule has 0 aliphatic rings. The molecule has 0 saturated carbocycles. The van der Waals surface area contributed by atoms with Crippen LogP contribution in [-0.4, -0.2) is 5.51 Å². The van der Waals surface area contributed by atoms with E-state index >= 15 is 0 Å². The third-order valence-electron chi connectivity index (χ3n) is 2.23. The van der Waals surface area contributed by atoms with Crippen molar-refractivity contribution in [3.63, 3.8) is 0 Å². The van der Waals surface area contributed by atoms with Crippen LogP contribution < -0.4 is 0 Å². The van der Waals surface area contributed by atoms with E-state index in [0.29, 0.717) is 11.3 Å². The molecule has 0 N–H and O–H groups in total. The third-order valence-corrected chi connectivity index (χ3v) is 2.95. The average molecular weight is 258 g/mol. The predicted molar refractivity (Wildman–Crippen MR) is 60.8 cm³/mol. The molecule has 0 unspecified atom stereocenters. The Morgan fingerprint density at radius 2 is 1.94 bits per heavy atom. The molecule has 1 nitrogen and oxygen atoms in total. The zero-order valence-corrected chi connectivity index (χ0v) is 9.73. The van der Waals surface area contributed by atoms with Gasteiger partial charge in [0.05, 0.1) is 6.26 Å². The van der Waals surface area contributed by atoms with Crippen LogP contribution in [-0.2, 0) is 0 Å². The average Bonchev–Trinajstić information content (AvgIpc) is 2.72. The molecular weight excluding hydrogens is 249 g/mol. The number of furan rings is 1. The van der Waals surface area contributed by atoms with Gasteiger partial charge >= 0.3 is 5.51 Å². The first kappa shape index (κ1) is 12.1. The number of aryl methyl sites for hydroxylation is 1. The highest BCUT2D eigenvalue weighted by molar-refractivity contribution is 8.00. The number of hydrogen-bond donors (Lipinski definition) is 0. The topological polar surface area (TPSA) is 13.1 Å². The Balaban J connectivity index is 2.37. The molecule has 0 aliphatic carbocycles. The molecule has 0 amide bonds. The molecule has 1 heterocycles. The quantitative estimate of drug-likeness (QED) is 0.713. The van der Waals surface area contributed by atoms with Gasteiger partial charge in [-0.15, -0.1) is 0 Å². The lowest BCUT2D eigenvalue weighted by Crippen LogP contribution is -1.99. The summed E-state index contributed by atoms with van der Waals surface area (Å²) < 4.78 is 42.0. The van der Waals surface area contributed by atoms with Crippen LogP contribution in [0.4, 0.5) is 13.2 Å². The van der Waals surface area contributed by atoms with Crippen LogP contribution in [0, 0.1) is 6.92 Å². The number of benzene rings is 1. The molecule has 0 spiro atoms. The number of thioether (sulfide) groups is 1. The zero-order chi connectivity index (χ0) is 12.5. The Morgan fingerprint density at radius 3 is 2.53 bits per heavy atom. The molecule has 2 aromatic rings. The van der Waals surface area contributed by atoms with Crippen molar-refractivity contribution in [3.8, 4) is 11.3 Å². The molecule has 0 bridgehead atoms. The molecule has 1 aromatic heterocycles. The van der Waals surface area contributed by atoms with E-state index in [-0.39, 0.29) is 16.7 Å². The van der Waals surface area contributed by atoms with Crippen LogP contribution in [0.1, 0.15) is 5.56 Å². The van der Waals surface area contributed by atoms with Gasteiger partial charge in [-0.25, -0.2) is 0 Å². The normalized spacial score (nSPS) is 11.8. The second kappa shape index (κ2) is 4.49. The summed E-state index contributed by atoms with van der Waals surface area (Å²) >= 11 is -0.121. The van der Waals surface area contributed by atoms with E-state index in [4.69, 9.17) is 4.42 Å². The van der Waals surface area contributed by atoms with E-state index < -0.39 is 5.51 Å². The molecule has 2 rings (SSSR count). The van der Waals surface area contributed by atoms with Crippen molar-refractivity contribution < 1.29 is 17.6 Å². The standard InChI is InChI=1S/C12H9F3OS/c1-8-4-5-9(17-12(13,14)15)7-10(8)11-3-2-6-16-11/h2-7H,1H3. The Labute approximate surface area is 101 Å². The molecule has 0 aliphatic heterocycles. The summed E-state index contributed by atoms with van der Waals surface area (Å²) in [6.07, 6.45) is 1.50. The van der Waals surface area contributed by atoms with Crippen molar-refractivity contribution in [1.82, 2.24) is 0 Å². The van der Waals surface area contributed by atoms with E-state index in [2.05, 4.69) is 0 Å². The Bertz CT molecular complexity index is 503. The minimum Gasteiger partial charge on any atom is -0.464 e. The van der Waals surface area contributed by atoms with Crippen LogP contribution >= 0.6 is 11.8 Å². The fourth-order valence-corrected chi connectivity index (χ4v) is 2.08. The summed E-state index contributed by atoms with van der Waals surface area (Å²) in [5.41, 5.74) is -2.70. The minimum absolute atomic E-state index is 0.121. The van der Waals surface area contributed by atoms with Gasteiger partial charge in [-0.3, -0.25) is 0 Å². The first-order valence-corrected chi connectivity index (χ1v) is 5.67. The van der Waals surface area contributed by atoms with Gasteiger partial charge in [0.2, 0.25) is 0 Å². The molecule has 0 radical (unpaired) electrons. The highest BCUT2D eigenvalue weighted by atomic mass is 32.2. The summed E-state index contributed by atoms with van der Waals surface area (Å²) in [5.74, 6) is 0.576. The van der Waals surface area contributed by atoms with Crippen molar-refractivity contribution >= 4 is 11.8 Å². The van der Waals surface area contributed by atoms with Crippen molar-refractivity contribution in [3.05, 3.63) is 42.2 Å². The first-order chi connectivity index (χ1) is 7.96. The van der Waals surface area contributed by atoms with Crippen molar-refractivity contribution in [2.75, 3.05) is 0 Å². The van der Waals surface area contributed by atoms with E-state index in [9.17, 15) is 13.2 Å². The predicted octanol–water partition coefficient (Wildman–Crippen LogP) is 4.87. The van der Waals surface area contributed by atoms with Crippen LogP contribution in [0.25, 0.3) is 11.3 Å². The number of hydrogen-bond acceptors (Lipinski definition) is 2. The number of halogens is 3. The lowest BCUT2D eigenvalue weighted by molar-refractivity contribution is -0.0328. The van der Waals surface area contributed by atoms with Crippen LogP contribution in [0.15, 0.2) is 45.9 Å². The lowest BCUT2D eigenvalue weighted by atomic mass is 10.1. The van der Waals surface area contributed by atoms with Crippen LogP contribution in [0.2, 0.25) is 0 Å². The summed E-state index contributed by atoms with van der Waals surface area (Å²) in [6.45, 7) is 1.83. The van der Waals surface area contributed by atoms with E-state index in [0.717, 1.165) is 5.56 Å². The van der Waals surface area contributed by atoms with E-state index in [1.165, 1.54) is 18.4 Å². The maximum atomic E-state index is 12.3. The molecular formula is C12H9F3OS. The summed E-state index contributed by atoms with van der Waals surface area (Å²) in [6, 6.07) is 8.04. The fraction of sp³-hybridized carbons (Fsp3) is 0.167. The van der Waals surface area contributed by atoms with Gasteiger partial charge in [-0.2, -0.15) is 13.2 Å². The SMILES string of the molecule is Cc1ccc(SC(F)(F)F)cc1-c1ccco1. The summed E-state index contributed by atoms with van der Waals surface area (Å²) in [7, 11) is 0. The fourth-order valence-electron chi connectivity index (χ4n) is 1.50. The summed E-state index contributed by atoms with van der Waals surface area (Å²) in [5, 5.41) is 0. The zero-order valence-electron chi connectivity index (χ0n) is 8.91. The van der Waals surface area contributed by atoms with Crippen molar-refractivity contribution in [2.24, 2.45) is 0 Å². The van der Waals surface area contributed by atoms with Gasteiger partial charge in [0.1, 0.15) is 5.76 Å². The number of rotatable bonds is 2. The second-order valence-corrected chi connectivity index (χ2v) is 4.64. The molecule has 17 heavy (non-hydrogen) atoms. The maximum absolute atomic E-state index is 12.3. The molecule has 0 saturated heterocycles. The van der Waals surface area contributed by atoms with Gasteiger partial charge in [-0.05, 0) is 48.5 Å². The maximum Gasteiger partial charge on any atom is 0.446 e. The monoisotopic (exact) mass is 258 g/mol. The van der Waals surface area contributed by atoms with Gasteiger partial charge < -0.3 is 4.42 Å². The molecule has 90 valence electrons. The Hall–Kier alpha value is -1.36. The van der Waals surface area contributed by atoms with Crippen LogP contribution in [0.3, 0.4) is 0 Å². The second-order valence-electron chi connectivity index (χ2n) is 3.50. The highest BCUT2D eigenvalue weighted by Crippen LogP contribution is 2.38. The molecule has 0 atom stereocenters. The largest absolute Gasteiger partial charge is 0.464 e. The van der Waals surface area contributed by atoms with Gasteiger partial charge in [0.25, 0.3) is 0 Å². The van der Waals surface area contributed by atoms with Crippen LogP contribution in [0.5, 0.6) is 0 Å². The first-order valence-electron chi connectivity index (χ1n) is 4.86. The smallest absolute Gasteiger partial charge is 0.446 e.